The quantitative estimate of drug-likeness (QED) is 0.810. The highest BCUT2D eigenvalue weighted by molar-refractivity contribution is 7.99. The highest BCUT2D eigenvalue weighted by Crippen LogP contribution is 2.17. The van der Waals surface area contributed by atoms with E-state index < -0.39 is 0 Å². The van der Waals surface area contributed by atoms with Crippen LogP contribution in [0.5, 0.6) is 0 Å². The van der Waals surface area contributed by atoms with Gasteiger partial charge in [-0.1, -0.05) is 17.8 Å². The van der Waals surface area contributed by atoms with Crippen LogP contribution in [0.2, 0.25) is 0 Å². The number of hydrogen-bond donors (Lipinski definition) is 1. The number of nitrogens with zero attached hydrogens (tertiary/aromatic N) is 3. The molecule has 0 atom stereocenters. The summed E-state index contributed by atoms with van der Waals surface area (Å²) in [6.07, 6.45) is 0. The lowest BCUT2D eigenvalue weighted by molar-refractivity contribution is -0.127. The average molecular weight is 298 g/mol. The summed E-state index contributed by atoms with van der Waals surface area (Å²) in [5.74, 6) is 0.668. The SMILES string of the molecule is CN(Cc1cccs1)C(=O)CSc1nnc(CN)o1. The highest BCUT2D eigenvalue weighted by atomic mass is 32.2. The summed E-state index contributed by atoms with van der Waals surface area (Å²) in [7, 11) is 1.78. The summed E-state index contributed by atoms with van der Waals surface area (Å²) in [6, 6.07) is 3.98. The van der Waals surface area contributed by atoms with Gasteiger partial charge in [-0.25, -0.2) is 0 Å². The van der Waals surface area contributed by atoms with Crippen LogP contribution in [0.4, 0.5) is 0 Å². The topological polar surface area (TPSA) is 85.2 Å². The summed E-state index contributed by atoms with van der Waals surface area (Å²) < 4.78 is 5.22. The molecule has 0 spiro atoms. The molecule has 0 aliphatic carbocycles. The normalized spacial score (nSPS) is 10.6. The van der Waals surface area contributed by atoms with Gasteiger partial charge in [-0.3, -0.25) is 4.79 Å². The molecule has 19 heavy (non-hydrogen) atoms. The summed E-state index contributed by atoms with van der Waals surface area (Å²) in [4.78, 5) is 14.8. The minimum absolute atomic E-state index is 0.0194. The van der Waals surface area contributed by atoms with Crippen molar-refractivity contribution in [3.63, 3.8) is 0 Å². The van der Waals surface area contributed by atoms with Crippen molar-refractivity contribution in [3.8, 4) is 0 Å². The van der Waals surface area contributed by atoms with E-state index in [1.54, 1.807) is 23.3 Å². The third kappa shape index (κ3) is 4.05. The number of thioether (sulfide) groups is 1. The van der Waals surface area contributed by atoms with Gasteiger partial charge in [0, 0.05) is 11.9 Å². The van der Waals surface area contributed by atoms with Crippen molar-refractivity contribution in [2.45, 2.75) is 18.3 Å². The third-order valence-corrected chi connectivity index (χ3v) is 4.01. The van der Waals surface area contributed by atoms with Crippen molar-refractivity contribution >= 4 is 29.0 Å². The van der Waals surface area contributed by atoms with Crippen LogP contribution in [0, 0.1) is 0 Å². The number of aromatic nitrogens is 2. The summed E-state index contributed by atoms with van der Waals surface area (Å²) in [5.41, 5.74) is 5.36. The van der Waals surface area contributed by atoms with Gasteiger partial charge in [0.05, 0.1) is 18.8 Å². The molecule has 6 nitrogen and oxygen atoms in total. The van der Waals surface area contributed by atoms with Crippen LogP contribution in [0.15, 0.2) is 27.2 Å². The monoisotopic (exact) mass is 298 g/mol. The van der Waals surface area contributed by atoms with Crippen LogP contribution in [-0.4, -0.2) is 33.8 Å². The lowest BCUT2D eigenvalue weighted by Gasteiger charge is -2.15. The summed E-state index contributed by atoms with van der Waals surface area (Å²) in [5, 5.41) is 9.89. The van der Waals surface area contributed by atoms with Crippen LogP contribution in [0.1, 0.15) is 10.8 Å². The average Bonchev–Trinajstić information content (AvgIpc) is 3.06. The van der Waals surface area contributed by atoms with Crippen molar-refractivity contribution in [1.82, 2.24) is 15.1 Å². The zero-order valence-electron chi connectivity index (χ0n) is 10.4. The standard InChI is InChI=1S/C11H14N4O2S2/c1-15(6-8-3-2-4-18-8)10(16)7-19-11-14-13-9(5-12)17-11/h2-4H,5-7,12H2,1H3. The van der Waals surface area contributed by atoms with Crippen molar-refractivity contribution in [2.75, 3.05) is 12.8 Å². The second kappa shape index (κ2) is 6.69. The fourth-order valence-corrected chi connectivity index (χ4v) is 2.82. The fourth-order valence-electron chi connectivity index (χ4n) is 1.34. The smallest absolute Gasteiger partial charge is 0.277 e. The lowest BCUT2D eigenvalue weighted by atomic mass is 10.4. The van der Waals surface area contributed by atoms with E-state index >= 15 is 0 Å². The van der Waals surface area contributed by atoms with E-state index in [9.17, 15) is 4.79 Å². The second-order valence-corrected chi connectivity index (χ2v) is 5.74. The predicted molar refractivity (Wildman–Crippen MR) is 73.7 cm³/mol. The molecule has 8 heteroatoms. The minimum Gasteiger partial charge on any atom is -0.415 e. The largest absolute Gasteiger partial charge is 0.415 e. The highest BCUT2D eigenvalue weighted by Gasteiger charge is 2.13. The molecule has 0 aliphatic rings. The van der Waals surface area contributed by atoms with Crippen LogP contribution in [0.25, 0.3) is 0 Å². The predicted octanol–water partition coefficient (Wildman–Crippen LogP) is 1.34. The molecule has 0 unspecified atom stereocenters. The Kier molecular flexibility index (Phi) is 4.94. The van der Waals surface area contributed by atoms with Crippen molar-refractivity contribution in [3.05, 3.63) is 28.3 Å². The molecule has 0 aliphatic heterocycles. The Bertz CT molecular complexity index is 527. The molecule has 0 fully saturated rings. The van der Waals surface area contributed by atoms with Crippen molar-refractivity contribution in [2.24, 2.45) is 5.73 Å². The van der Waals surface area contributed by atoms with Gasteiger partial charge in [-0.15, -0.1) is 21.5 Å². The Balaban J connectivity index is 1.80. The van der Waals surface area contributed by atoms with E-state index in [4.69, 9.17) is 10.2 Å². The Labute approximate surface area is 119 Å². The van der Waals surface area contributed by atoms with E-state index in [0.717, 1.165) is 4.88 Å². The molecule has 0 radical (unpaired) electrons. The third-order valence-electron chi connectivity index (χ3n) is 2.34. The number of nitrogens with two attached hydrogens (primary N) is 1. The van der Waals surface area contributed by atoms with E-state index in [1.807, 2.05) is 17.5 Å². The van der Waals surface area contributed by atoms with Gasteiger partial charge in [0.2, 0.25) is 11.8 Å². The first-order valence-corrected chi connectivity index (χ1v) is 7.47. The molecule has 2 aromatic heterocycles. The zero-order valence-corrected chi connectivity index (χ0v) is 12.0. The lowest BCUT2D eigenvalue weighted by Crippen LogP contribution is -2.27. The maximum atomic E-state index is 11.9. The van der Waals surface area contributed by atoms with E-state index in [2.05, 4.69) is 10.2 Å². The van der Waals surface area contributed by atoms with E-state index in [1.165, 1.54) is 11.8 Å². The minimum atomic E-state index is 0.0194. The molecule has 1 amide bonds. The van der Waals surface area contributed by atoms with Crippen molar-refractivity contribution in [1.29, 1.82) is 0 Å². The Morgan fingerprint density at radius 2 is 2.42 bits per heavy atom. The fraction of sp³-hybridized carbons (Fsp3) is 0.364. The number of carbonyl (C=O) groups excluding carboxylic acids is 1. The van der Waals surface area contributed by atoms with Gasteiger partial charge in [-0.05, 0) is 11.4 Å². The van der Waals surface area contributed by atoms with Crippen molar-refractivity contribution < 1.29 is 9.21 Å². The molecule has 2 N–H and O–H groups in total. The second-order valence-electron chi connectivity index (χ2n) is 3.78. The summed E-state index contributed by atoms with van der Waals surface area (Å²) >= 11 is 2.86. The number of thiophene rings is 1. The van der Waals surface area contributed by atoms with Gasteiger partial charge in [0.25, 0.3) is 5.22 Å². The van der Waals surface area contributed by atoms with Gasteiger partial charge >= 0.3 is 0 Å². The molecular formula is C11H14N4O2S2. The molecule has 102 valence electrons. The first kappa shape index (κ1) is 14.0. The van der Waals surface area contributed by atoms with Gasteiger partial charge in [0.1, 0.15) is 0 Å². The zero-order chi connectivity index (χ0) is 13.7. The van der Waals surface area contributed by atoms with Gasteiger partial charge in [-0.2, -0.15) is 0 Å². The maximum absolute atomic E-state index is 11.9. The first-order valence-electron chi connectivity index (χ1n) is 5.60. The first-order chi connectivity index (χ1) is 9.19. The number of rotatable bonds is 6. The number of carbonyl (C=O) groups is 1. The van der Waals surface area contributed by atoms with Gasteiger partial charge in [0.15, 0.2) is 0 Å². The van der Waals surface area contributed by atoms with E-state index in [0.29, 0.717) is 17.7 Å². The molecular weight excluding hydrogens is 284 g/mol. The Hall–Kier alpha value is -1.38. The Morgan fingerprint density at radius 1 is 1.58 bits per heavy atom. The maximum Gasteiger partial charge on any atom is 0.277 e. The molecule has 2 heterocycles. The molecule has 0 bridgehead atoms. The number of amides is 1. The molecule has 2 aromatic rings. The van der Waals surface area contributed by atoms with Gasteiger partial charge < -0.3 is 15.1 Å². The van der Waals surface area contributed by atoms with Crippen LogP contribution in [-0.2, 0) is 17.9 Å². The van der Waals surface area contributed by atoms with Crippen LogP contribution >= 0.6 is 23.1 Å². The van der Waals surface area contributed by atoms with Crippen LogP contribution < -0.4 is 5.73 Å². The molecule has 0 aromatic carbocycles. The molecule has 0 saturated heterocycles. The summed E-state index contributed by atoms with van der Waals surface area (Å²) in [6.45, 7) is 0.828. The molecule has 0 saturated carbocycles. The van der Waals surface area contributed by atoms with Crippen LogP contribution in [0.3, 0.4) is 0 Å². The Morgan fingerprint density at radius 3 is 3.05 bits per heavy atom. The molecule has 2 rings (SSSR count). The van der Waals surface area contributed by atoms with E-state index in [-0.39, 0.29) is 18.2 Å². The number of hydrogen-bond acceptors (Lipinski definition) is 7.